The molecule has 1 aliphatic heterocycles. The van der Waals surface area contributed by atoms with Crippen LogP contribution in [0.4, 0.5) is 0 Å². The maximum atomic E-state index is 11.7. The molecule has 1 N–H and O–H groups in total. The molecule has 2 fully saturated rings. The summed E-state index contributed by atoms with van der Waals surface area (Å²) in [5.41, 5.74) is -0.599. The minimum Gasteiger partial charge on any atom is -0.481 e. The first-order valence-corrected chi connectivity index (χ1v) is 6.96. The fraction of sp³-hybridized carbons (Fsp3) is 0.929. The van der Waals surface area contributed by atoms with Crippen molar-refractivity contribution in [2.24, 2.45) is 17.3 Å². The lowest BCUT2D eigenvalue weighted by Gasteiger charge is -2.40. The second kappa shape index (κ2) is 4.97. The number of carboxylic acids is 1. The molecule has 0 spiro atoms. The van der Waals surface area contributed by atoms with E-state index in [1.807, 2.05) is 6.92 Å². The van der Waals surface area contributed by atoms with E-state index in [-0.39, 0.29) is 6.10 Å². The van der Waals surface area contributed by atoms with E-state index in [9.17, 15) is 9.90 Å². The van der Waals surface area contributed by atoms with Crippen LogP contribution in [0.25, 0.3) is 0 Å². The van der Waals surface area contributed by atoms with Crippen LogP contribution >= 0.6 is 0 Å². The number of carbonyl (C=O) groups is 1. The van der Waals surface area contributed by atoms with E-state index < -0.39 is 11.4 Å². The highest BCUT2D eigenvalue weighted by atomic mass is 16.5. The lowest BCUT2D eigenvalue weighted by molar-refractivity contribution is -0.158. The number of aliphatic carboxylic acids is 1. The highest BCUT2D eigenvalue weighted by Gasteiger charge is 2.53. The molecule has 1 aliphatic carbocycles. The van der Waals surface area contributed by atoms with Gasteiger partial charge in [0.05, 0.1) is 11.5 Å². The largest absolute Gasteiger partial charge is 0.481 e. The Hall–Kier alpha value is -0.570. The Bertz CT molecular complexity index is 281. The van der Waals surface area contributed by atoms with Crippen molar-refractivity contribution in [2.75, 3.05) is 6.61 Å². The van der Waals surface area contributed by atoms with Crippen LogP contribution in [0.15, 0.2) is 0 Å². The molecule has 2 atom stereocenters. The summed E-state index contributed by atoms with van der Waals surface area (Å²) in [6, 6.07) is 0. The van der Waals surface area contributed by atoms with Crippen LogP contribution in [-0.4, -0.2) is 23.8 Å². The minimum absolute atomic E-state index is 0.122. The van der Waals surface area contributed by atoms with E-state index in [4.69, 9.17) is 4.74 Å². The monoisotopic (exact) mass is 240 g/mol. The van der Waals surface area contributed by atoms with Gasteiger partial charge >= 0.3 is 5.97 Å². The predicted octanol–water partition coefficient (Wildman–Crippen LogP) is 3.08. The van der Waals surface area contributed by atoms with Crippen LogP contribution in [0.3, 0.4) is 0 Å². The Morgan fingerprint density at radius 2 is 2.00 bits per heavy atom. The van der Waals surface area contributed by atoms with Gasteiger partial charge in [-0.1, -0.05) is 26.2 Å². The standard InChI is InChI=1S/C14H24O3/c1-3-11-4-6-12(7-5-11)14(13(15)16)8-9-17-10(14)2/h10-12H,3-9H2,1-2H3,(H,15,16). The summed E-state index contributed by atoms with van der Waals surface area (Å²) in [5, 5.41) is 9.63. The number of ether oxygens (including phenoxy) is 1. The molecular formula is C14H24O3. The van der Waals surface area contributed by atoms with Gasteiger partial charge in [0.25, 0.3) is 0 Å². The SMILES string of the molecule is CCC1CCC(C2(C(=O)O)CCOC2C)CC1. The van der Waals surface area contributed by atoms with Gasteiger partial charge in [-0.15, -0.1) is 0 Å². The van der Waals surface area contributed by atoms with Crippen LogP contribution in [0.2, 0.25) is 0 Å². The number of carboxylic acid groups (broad SMARTS) is 1. The van der Waals surface area contributed by atoms with Crippen LogP contribution in [0.5, 0.6) is 0 Å². The summed E-state index contributed by atoms with van der Waals surface area (Å²) in [6.45, 7) is 4.79. The first kappa shape index (κ1) is 12.9. The molecule has 0 aromatic rings. The van der Waals surface area contributed by atoms with Gasteiger partial charge in [0.2, 0.25) is 0 Å². The van der Waals surface area contributed by atoms with E-state index in [1.165, 1.54) is 19.3 Å². The smallest absolute Gasteiger partial charge is 0.312 e. The number of hydrogen-bond donors (Lipinski definition) is 1. The topological polar surface area (TPSA) is 46.5 Å². The second-order valence-electron chi connectivity index (χ2n) is 5.73. The number of rotatable bonds is 3. The van der Waals surface area contributed by atoms with Gasteiger partial charge in [-0.3, -0.25) is 4.79 Å². The molecule has 0 amide bonds. The molecule has 0 bridgehead atoms. The van der Waals surface area contributed by atoms with Crippen LogP contribution in [-0.2, 0) is 9.53 Å². The van der Waals surface area contributed by atoms with Crippen molar-refractivity contribution >= 4 is 5.97 Å². The third-order valence-corrected chi connectivity index (χ3v) is 5.16. The van der Waals surface area contributed by atoms with Crippen molar-refractivity contribution in [3.63, 3.8) is 0 Å². The van der Waals surface area contributed by atoms with Gasteiger partial charge in [-0.2, -0.15) is 0 Å². The van der Waals surface area contributed by atoms with Crippen LogP contribution in [0, 0.1) is 17.3 Å². The molecular weight excluding hydrogens is 216 g/mol. The zero-order valence-corrected chi connectivity index (χ0v) is 10.9. The normalized spacial score (nSPS) is 42.6. The fourth-order valence-electron chi connectivity index (χ4n) is 3.83. The summed E-state index contributed by atoms with van der Waals surface area (Å²) in [4.78, 5) is 11.7. The molecule has 1 heterocycles. The van der Waals surface area contributed by atoms with Crippen molar-refractivity contribution in [1.82, 2.24) is 0 Å². The molecule has 1 saturated carbocycles. The molecule has 1 saturated heterocycles. The zero-order valence-electron chi connectivity index (χ0n) is 10.9. The van der Waals surface area contributed by atoms with Gasteiger partial charge in [0.15, 0.2) is 0 Å². The molecule has 3 heteroatoms. The molecule has 98 valence electrons. The van der Waals surface area contributed by atoms with Crippen LogP contribution < -0.4 is 0 Å². The maximum absolute atomic E-state index is 11.7. The van der Waals surface area contributed by atoms with Crippen molar-refractivity contribution in [1.29, 1.82) is 0 Å². The summed E-state index contributed by atoms with van der Waals surface area (Å²) >= 11 is 0. The third-order valence-electron chi connectivity index (χ3n) is 5.16. The zero-order chi connectivity index (χ0) is 12.5. The highest BCUT2D eigenvalue weighted by molar-refractivity contribution is 5.76. The van der Waals surface area contributed by atoms with Crippen molar-refractivity contribution in [2.45, 2.75) is 58.5 Å². The highest BCUT2D eigenvalue weighted by Crippen LogP contribution is 2.49. The Morgan fingerprint density at radius 1 is 1.35 bits per heavy atom. The Labute approximate surface area is 104 Å². The summed E-state index contributed by atoms with van der Waals surface area (Å²) < 4.78 is 5.56. The molecule has 2 rings (SSSR count). The van der Waals surface area contributed by atoms with Crippen molar-refractivity contribution < 1.29 is 14.6 Å². The first-order chi connectivity index (χ1) is 8.11. The Morgan fingerprint density at radius 3 is 2.41 bits per heavy atom. The number of hydrogen-bond acceptors (Lipinski definition) is 2. The van der Waals surface area contributed by atoms with E-state index in [0.717, 1.165) is 18.8 Å². The van der Waals surface area contributed by atoms with Crippen LogP contribution in [0.1, 0.15) is 52.4 Å². The fourth-order valence-corrected chi connectivity index (χ4v) is 3.83. The van der Waals surface area contributed by atoms with E-state index in [1.54, 1.807) is 0 Å². The van der Waals surface area contributed by atoms with Gasteiger partial charge < -0.3 is 9.84 Å². The summed E-state index contributed by atoms with van der Waals surface area (Å²) in [6.07, 6.45) is 6.34. The molecule has 0 aromatic carbocycles. The average Bonchev–Trinajstić information content (AvgIpc) is 2.72. The molecule has 17 heavy (non-hydrogen) atoms. The third kappa shape index (κ3) is 2.10. The van der Waals surface area contributed by atoms with Gasteiger partial charge in [0.1, 0.15) is 0 Å². The van der Waals surface area contributed by atoms with Crippen molar-refractivity contribution in [3.05, 3.63) is 0 Å². The average molecular weight is 240 g/mol. The van der Waals surface area contributed by atoms with Gasteiger partial charge in [0, 0.05) is 6.61 Å². The van der Waals surface area contributed by atoms with Crippen molar-refractivity contribution in [3.8, 4) is 0 Å². The molecule has 2 unspecified atom stereocenters. The molecule has 0 radical (unpaired) electrons. The van der Waals surface area contributed by atoms with E-state index >= 15 is 0 Å². The maximum Gasteiger partial charge on any atom is 0.312 e. The van der Waals surface area contributed by atoms with Gasteiger partial charge in [-0.05, 0) is 38.0 Å². The van der Waals surface area contributed by atoms with E-state index in [2.05, 4.69) is 6.92 Å². The predicted molar refractivity (Wildman–Crippen MR) is 65.8 cm³/mol. The van der Waals surface area contributed by atoms with E-state index in [0.29, 0.717) is 18.9 Å². The lowest BCUT2D eigenvalue weighted by Crippen LogP contribution is -2.45. The second-order valence-corrected chi connectivity index (χ2v) is 5.73. The van der Waals surface area contributed by atoms with Gasteiger partial charge in [-0.25, -0.2) is 0 Å². The molecule has 0 aromatic heterocycles. The first-order valence-electron chi connectivity index (χ1n) is 6.96. The Kier molecular flexibility index (Phi) is 3.76. The minimum atomic E-state index is -0.637. The summed E-state index contributed by atoms with van der Waals surface area (Å²) in [7, 11) is 0. The quantitative estimate of drug-likeness (QED) is 0.824. The lowest BCUT2D eigenvalue weighted by atomic mass is 9.63. The Balaban J connectivity index is 2.11. The molecule has 3 nitrogen and oxygen atoms in total. The molecule has 2 aliphatic rings. The summed E-state index contributed by atoms with van der Waals surface area (Å²) in [5.74, 6) is 0.498.